The molecule has 0 heterocycles. The van der Waals surface area contributed by atoms with Crippen LogP contribution in [-0.4, -0.2) is 22.6 Å². The summed E-state index contributed by atoms with van der Waals surface area (Å²) in [4.78, 5) is 21.5. The minimum absolute atomic E-state index is 0.284. The molecule has 0 saturated heterocycles. The molecule has 0 aromatic rings. The molecule has 0 atom stereocenters. The number of primary amides is 1. The number of carbonyl (C=O) groups is 2. The van der Waals surface area contributed by atoms with Crippen molar-refractivity contribution in [2.45, 2.75) is 31.2 Å². The van der Waals surface area contributed by atoms with Gasteiger partial charge in [0.1, 0.15) is 0 Å². The first-order valence-corrected chi connectivity index (χ1v) is 4.29. The van der Waals surface area contributed by atoms with Gasteiger partial charge >= 0.3 is 6.09 Å². The van der Waals surface area contributed by atoms with E-state index in [9.17, 15) is 9.59 Å². The molecule has 0 spiro atoms. The molecule has 13 heavy (non-hydrogen) atoms. The van der Waals surface area contributed by atoms with Gasteiger partial charge in [-0.15, -0.1) is 0 Å². The fraction of sp³-hybridized carbons (Fsp3) is 0.750. The second kappa shape index (κ2) is 2.16. The van der Waals surface area contributed by atoms with Crippen LogP contribution in [0.15, 0.2) is 0 Å². The first kappa shape index (κ1) is 8.34. The molecule has 0 radical (unpaired) electrons. The first-order valence-electron chi connectivity index (χ1n) is 4.29. The van der Waals surface area contributed by atoms with Crippen LogP contribution in [0.5, 0.6) is 0 Å². The lowest BCUT2D eigenvalue weighted by Crippen LogP contribution is -2.58. The first-order chi connectivity index (χ1) is 5.98. The molecule has 4 N–H and O–H groups in total. The Kier molecular flexibility index (Phi) is 1.38. The molecule has 2 bridgehead atoms. The molecule has 2 amide bonds. The maximum Gasteiger partial charge on any atom is 0.405 e. The second-order valence-electron chi connectivity index (χ2n) is 4.21. The third kappa shape index (κ3) is 0.993. The third-order valence-electron chi connectivity index (χ3n) is 3.33. The number of nitrogens with one attached hydrogen (secondary N) is 1. The van der Waals surface area contributed by atoms with Gasteiger partial charge in [0.2, 0.25) is 5.91 Å². The monoisotopic (exact) mass is 184 g/mol. The Hall–Kier alpha value is -1.26. The van der Waals surface area contributed by atoms with Crippen molar-refractivity contribution < 1.29 is 14.7 Å². The van der Waals surface area contributed by atoms with Gasteiger partial charge in [-0.05, 0) is 25.7 Å². The van der Waals surface area contributed by atoms with Gasteiger partial charge in [-0.2, -0.15) is 0 Å². The summed E-state index contributed by atoms with van der Waals surface area (Å²) in [5.74, 6) is -0.284. The van der Waals surface area contributed by atoms with Gasteiger partial charge in [0, 0.05) is 5.54 Å². The van der Waals surface area contributed by atoms with E-state index in [0.29, 0.717) is 12.8 Å². The normalized spacial score (nSPS) is 40.9. The Morgan fingerprint density at radius 2 is 1.92 bits per heavy atom. The molecule has 5 heteroatoms. The summed E-state index contributed by atoms with van der Waals surface area (Å²) >= 11 is 0. The van der Waals surface area contributed by atoms with Gasteiger partial charge in [-0.25, -0.2) is 4.79 Å². The zero-order chi connectivity index (χ0) is 9.69. The van der Waals surface area contributed by atoms with Crippen molar-refractivity contribution in [1.82, 2.24) is 5.32 Å². The second-order valence-corrected chi connectivity index (χ2v) is 4.21. The van der Waals surface area contributed by atoms with Crippen molar-refractivity contribution in [3.8, 4) is 0 Å². The zero-order valence-corrected chi connectivity index (χ0v) is 7.17. The summed E-state index contributed by atoms with van der Waals surface area (Å²) in [6.07, 6.45) is 1.62. The molecule has 0 aromatic heterocycles. The van der Waals surface area contributed by atoms with Gasteiger partial charge in [0.05, 0.1) is 5.41 Å². The summed E-state index contributed by atoms with van der Waals surface area (Å²) in [6, 6.07) is 0. The standard InChI is InChI=1S/C8H12N2O3/c9-5(11)7-1-2-8(3-7,4-7)10-6(12)13/h10H,1-4H2,(H2,9,11)(H,12,13). The molecule has 0 aliphatic heterocycles. The van der Waals surface area contributed by atoms with Crippen molar-refractivity contribution in [1.29, 1.82) is 0 Å². The van der Waals surface area contributed by atoms with Crippen LogP contribution in [-0.2, 0) is 4.79 Å². The fourth-order valence-corrected chi connectivity index (χ4v) is 2.75. The van der Waals surface area contributed by atoms with E-state index in [1.54, 1.807) is 0 Å². The van der Waals surface area contributed by atoms with Crippen LogP contribution < -0.4 is 11.1 Å². The summed E-state index contributed by atoms with van der Waals surface area (Å²) in [7, 11) is 0. The van der Waals surface area contributed by atoms with Crippen LogP contribution in [0.25, 0.3) is 0 Å². The SMILES string of the molecule is NC(=O)C12CCC(NC(=O)O)(C1)C2. The molecule has 3 saturated carbocycles. The quantitative estimate of drug-likeness (QED) is 0.566. The highest BCUT2D eigenvalue weighted by Crippen LogP contribution is 2.61. The number of carboxylic acid groups (broad SMARTS) is 1. The molecule has 0 aromatic carbocycles. The molecular weight excluding hydrogens is 172 g/mol. The van der Waals surface area contributed by atoms with E-state index in [0.717, 1.165) is 12.8 Å². The van der Waals surface area contributed by atoms with Crippen molar-refractivity contribution in [3.05, 3.63) is 0 Å². The molecule has 3 aliphatic rings. The molecule has 3 rings (SSSR count). The molecule has 72 valence electrons. The maximum absolute atomic E-state index is 11.0. The van der Waals surface area contributed by atoms with Gasteiger partial charge < -0.3 is 16.2 Å². The summed E-state index contributed by atoms with van der Waals surface area (Å²) in [5, 5.41) is 11.0. The highest BCUT2D eigenvalue weighted by Gasteiger charge is 2.64. The van der Waals surface area contributed by atoms with E-state index in [1.165, 1.54) is 0 Å². The number of carbonyl (C=O) groups excluding carboxylic acids is 1. The minimum atomic E-state index is -1.01. The number of hydrogen-bond acceptors (Lipinski definition) is 2. The van der Waals surface area contributed by atoms with Crippen molar-refractivity contribution >= 4 is 12.0 Å². The van der Waals surface area contributed by atoms with Gasteiger partial charge in [-0.1, -0.05) is 0 Å². The largest absolute Gasteiger partial charge is 0.465 e. The summed E-state index contributed by atoms with van der Waals surface area (Å²) in [6.45, 7) is 0. The lowest BCUT2D eigenvalue weighted by Gasteiger charge is -2.45. The highest BCUT2D eigenvalue weighted by molar-refractivity contribution is 5.84. The van der Waals surface area contributed by atoms with Crippen LogP contribution in [0.1, 0.15) is 25.7 Å². The van der Waals surface area contributed by atoms with Crippen molar-refractivity contribution in [3.63, 3.8) is 0 Å². The van der Waals surface area contributed by atoms with Crippen molar-refractivity contribution in [2.24, 2.45) is 11.1 Å². The minimum Gasteiger partial charge on any atom is -0.465 e. The van der Waals surface area contributed by atoms with Gasteiger partial charge in [0.15, 0.2) is 0 Å². The average molecular weight is 184 g/mol. The maximum atomic E-state index is 11.0. The summed E-state index contributed by atoms with van der Waals surface area (Å²) < 4.78 is 0. The Bertz CT molecular complexity index is 281. The average Bonchev–Trinajstić information content (AvgIpc) is 2.39. The Morgan fingerprint density at radius 3 is 2.31 bits per heavy atom. The molecule has 3 aliphatic carbocycles. The predicted molar refractivity (Wildman–Crippen MR) is 44.0 cm³/mol. The van der Waals surface area contributed by atoms with E-state index in [1.807, 2.05) is 0 Å². The van der Waals surface area contributed by atoms with Gasteiger partial charge in [-0.3, -0.25) is 4.79 Å². The molecular formula is C8H12N2O3. The van der Waals surface area contributed by atoms with E-state index < -0.39 is 11.5 Å². The number of rotatable bonds is 2. The van der Waals surface area contributed by atoms with Crippen LogP contribution in [0.2, 0.25) is 0 Å². The van der Waals surface area contributed by atoms with Crippen LogP contribution in [0, 0.1) is 5.41 Å². The Labute approximate surface area is 75.3 Å². The number of amides is 2. The predicted octanol–water partition coefficient (Wildman–Crippen LogP) is 0.0521. The van der Waals surface area contributed by atoms with E-state index in [2.05, 4.69) is 5.32 Å². The smallest absolute Gasteiger partial charge is 0.405 e. The summed E-state index contributed by atoms with van der Waals surface area (Å²) in [5.41, 5.74) is 4.50. The van der Waals surface area contributed by atoms with Crippen LogP contribution in [0.3, 0.4) is 0 Å². The number of hydrogen-bond donors (Lipinski definition) is 3. The highest BCUT2D eigenvalue weighted by atomic mass is 16.4. The van der Waals surface area contributed by atoms with Crippen LogP contribution in [0.4, 0.5) is 4.79 Å². The fourth-order valence-electron chi connectivity index (χ4n) is 2.75. The lowest BCUT2D eigenvalue weighted by molar-refractivity contribution is -0.132. The zero-order valence-electron chi connectivity index (χ0n) is 7.17. The lowest BCUT2D eigenvalue weighted by atomic mass is 9.64. The molecule has 5 nitrogen and oxygen atoms in total. The number of fused-ring (bicyclic) bond motifs is 1. The molecule has 0 unspecified atom stereocenters. The van der Waals surface area contributed by atoms with Crippen molar-refractivity contribution in [2.75, 3.05) is 0 Å². The van der Waals surface area contributed by atoms with E-state index in [4.69, 9.17) is 10.8 Å². The Morgan fingerprint density at radius 1 is 1.31 bits per heavy atom. The van der Waals surface area contributed by atoms with Gasteiger partial charge in [0.25, 0.3) is 0 Å². The molecule has 3 fully saturated rings. The van der Waals surface area contributed by atoms with E-state index >= 15 is 0 Å². The van der Waals surface area contributed by atoms with E-state index in [-0.39, 0.29) is 11.4 Å². The number of nitrogens with two attached hydrogens (primary N) is 1. The Balaban J connectivity index is 2.06. The topological polar surface area (TPSA) is 92.4 Å². The third-order valence-corrected chi connectivity index (χ3v) is 3.33. The van der Waals surface area contributed by atoms with Crippen LogP contribution >= 0.6 is 0 Å².